The standard InChI is InChI=1S/C15H18BrN3O/c1-4-13-18-14(17-5-2)9-15(19-13)20-12-7-6-10(3)8-11(12)16/h6-9H,4-5H2,1-3H3,(H,17,18,19). The summed E-state index contributed by atoms with van der Waals surface area (Å²) in [6.45, 7) is 6.91. The summed E-state index contributed by atoms with van der Waals surface area (Å²) in [6.07, 6.45) is 0.769. The maximum atomic E-state index is 5.86. The monoisotopic (exact) mass is 335 g/mol. The molecule has 0 unspecified atom stereocenters. The van der Waals surface area contributed by atoms with Crippen molar-refractivity contribution in [3.05, 3.63) is 40.1 Å². The summed E-state index contributed by atoms with van der Waals surface area (Å²) < 4.78 is 6.77. The molecule has 1 heterocycles. The molecule has 1 aromatic carbocycles. The zero-order valence-corrected chi connectivity index (χ0v) is 13.5. The molecule has 0 aliphatic heterocycles. The highest BCUT2D eigenvalue weighted by Crippen LogP contribution is 2.30. The highest BCUT2D eigenvalue weighted by molar-refractivity contribution is 9.10. The van der Waals surface area contributed by atoms with Crippen LogP contribution in [0.4, 0.5) is 5.82 Å². The van der Waals surface area contributed by atoms with Gasteiger partial charge >= 0.3 is 0 Å². The highest BCUT2D eigenvalue weighted by atomic mass is 79.9. The van der Waals surface area contributed by atoms with E-state index in [2.05, 4.69) is 31.2 Å². The second kappa shape index (κ2) is 6.70. The number of nitrogens with one attached hydrogen (secondary N) is 1. The molecule has 0 saturated heterocycles. The van der Waals surface area contributed by atoms with Gasteiger partial charge in [-0.25, -0.2) is 4.98 Å². The Bertz CT molecular complexity index is 602. The van der Waals surface area contributed by atoms with E-state index < -0.39 is 0 Å². The van der Waals surface area contributed by atoms with E-state index >= 15 is 0 Å². The van der Waals surface area contributed by atoms with E-state index in [4.69, 9.17) is 4.74 Å². The van der Waals surface area contributed by atoms with Crippen molar-refractivity contribution < 1.29 is 4.74 Å². The largest absolute Gasteiger partial charge is 0.438 e. The first-order valence-electron chi connectivity index (χ1n) is 6.68. The van der Waals surface area contributed by atoms with Gasteiger partial charge in [-0.2, -0.15) is 4.98 Å². The van der Waals surface area contributed by atoms with E-state index in [0.29, 0.717) is 5.88 Å². The quantitative estimate of drug-likeness (QED) is 0.883. The molecule has 0 saturated carbocycles. The van der Waals surface area contributed by atoms with E-state index in [1.54, 1.807) is 0 Å². The van der Waals surface area contributed by atoms with Crippen LogP contribution in [0.25, 0.3) is 0 Å². The number of halogens is 1. The maximum absolute atomic E-state index is 5.86. The molecule has 4 nitrogen and oxygen atoms in total. The molecular weight excluding hydrogens is 318 g/mol. The molecule has 1 N–H and O–H groups in total. The third-order valence-electron chi connectivity index (χ3n) is 2.72. The fourth-order valence-corrected chi connectivity index (χ4v) is 2.33. The van der Waals surface area contributed by atoms with E-state index in [1.807, 2.05) is 45.0 Å². The van der Waals surface area contributed by atoms with Gasteiger partial charge < -0.3 is 10.1 Å². The second-order valence-corrected chi connectivity index (χ2v) is 5.28. The molecule has 1 aromatic heterocycles. The molecule has 2 rings (SSSR count). The first-order valence-corrected chi connectivity index (χ1v) is 7.47. The van der Waals surface area contributed by atoms with Crippen molar-refractivity contribution in [2.24, 2.45) is 0 Å². The summed E-state index contributed by atoms with van der Waals surface area (Å²) in [6, 6.07) is 7.77. The predicted octanol–water partition coefficient (Wildman–Crippen LogP) is 4.33. The summed E-state index contributed by atoms with van der Waals surface area (Å²) in [7, 11) is 0. The number of ether oxygens (including phenoxy) is 1. The number of rotatable bonds is 5. The van der Waals surface area contributed by atoms with E-state index in [-0.39, 0.29) is 0 Å². The fraction of sp³-hybridized carbons (Fsp3) is 0.333. The highest BCUT2D eigenvalue weighted by Gasteiger charge is 2.07. The van der Waals surface area contributed by atoms with Crippen LogP contribution in [0.2, 0.25) is 0 Å². The van der Waals surface area contributed by atoms with Gasteiger partial charge in [-0.15, -0.1) is 0 Å². The Labute approximate surface area is 127 Å². The van der Waals surface area contributed by atoms with E-state index in [9.17, 15) is 0 Å². The number of hydrogen-bond acceptors (Lipinski definition) is 4. The first-order chi connectivity index (χ1) is 9.62. The number of aryl methyl sites for hydroxylation is 2. The normalized spacial score (nSPS) is 10.4. The predicted molar refractivity (Wildman–Crippen MR) is 84.5 cm³/mol. The van der Waals surface area contributed by atoms with Crippen molar-refractivity contribution in [2.45, 2.75) is 27.2 Å². The Morgan fingerprint density at radius 2 is 2.00 bits per heavy atom. The van der Waals surface area contributed by atoms with Crippen LogP contribution in [-0.2, 0) is 6.42 Å². The van der Waals surface area contributed by atoms with Gasteiger partial charge in [-0.05, 0) is 47.5 Å². The van der Waals surface area contributed by atoms with Gasteiger partial charge in [-0.3, -0.25) is 0 Å². The molecule has 20 heavy (non-hydrogen) atoms. The zero-order valence-electron chi connectivity index (χ0n) is 11.9. The Balaban J connectivity index is 2.29. The smallest absolute Gasteiger partial charge is 0.224 e. The Hall–Kier alpha value is -1.62. The molecule has 5 heteroatoms. The lowest BCUT2D eigenvalue weighted by atomic mass is 10.2. The van der Waals surface area contributed by atoms with Gasteiger partial charge in [0.25, 0.3) is 0 Å². The molecule has 106 valence electrons. The van der Waals surface area contributed by atoms with Crippen LogP contribution in [0.3, 0.4) is 0 Å². The number of nitrogens with zero attached hydrogens (tertiary/aromatic N) is 2. The van der Waals surface area contributed by atoms with Crippen LogP contribution in [0, 0.1) is 6.92 Å². The molecule has 0 spiro atoms. The van der Waals surface area contributed by atoms with Crippen LogP contribution >= 0.6 is 15.9 Å². The van der Waals surface area contributed by atoms with Gasteiger partial charge in [0.05, 0.1) is 4.47 Å². The third kappa shape index (κ3) is 3.70. The van der Waals surface area contributed by atoms with Crippen molar-refractivity contribution in [3.63, 3.8) is 0 Å². The second-order valence-electron chi connectivity index (χ2n) is 4.43. The summed E-state index contributed by atoms with van der Waals surface area (Å²) in [4.78, 5) is 8.80. The van der Waals surface area contributed by atoms with Crippen LogP contribution in [0.5, 0.6) is 11.6 Å². The van der Waals surface area contributed by atoms with Gasteiger partial charge in [-0.1, -0.05) is 13.0 Å². The average molecular weight is 336 g/mol. The lowest BCUT2D eigenvalue weighted by Crippen LogP contribution is -2.04. The topological polar surface area (TPSA) is 47.0 Å². The van der Waals surface area contributed by atoms with Crippen molar-refractivity contribution in [3.8, 4) is 11.6 Å². The molecule has 0 radical (unpaired) electrons. The Morgan fingerprint density at radius 1 is 1.20 bits per heavy atom. The van der Waals surface area contributed by atoms with E-state index in [1.165, 1.54) is 5.56 Å². The molecule has 0 bridgehead atoms. The van der Waals surface area contributed by atoms with Gasteiger partial charge in [0.2, 0.25) is 5.88 Å². The van der Waals surface area contributed by atoms with Crippen molar-refractivity contribution in [1.29, 1.82) is 0 Å². The average Bonchev–Trinajstić information content (AvgIpc) is 2.42. The van der Waals surface area contributed by atoms with Crippen molar-refractivity contribution in [2.75, 3.05) is 11.9 Å². The third-order valence-corrected chi connectivity index (χ3v) is 3.34. The van der Waals surface area contributed by atoms with Crippen LogP contribution in [-0.4, -0.2) is 16.5 Å². The molecule has 2 aromatic rings. The van der Waals surface area contributed by atoms with Crippen molar-refractivity contribution >= 4 is 21.7 Å². The Kier molecular flexibility index (Phi) is 4.95. The van der Waals surface area contributed by atoms with Crippen molar-refractivity contribution in [1.82, 2.24) is 9.97 Å². The molecule has 0 amide bonds. The minimum absolute atomic E-state index is 0.553. The lowest BCUT2D eigenvalue weighted by molar-refractivity contribution is 0.456. The number of anilines is 1. The van der Waals surface area contributed by atoms with Gasteiger partial charge in [0.1, 0.15) is 17.4 Å². The molecule has 0 aliphatic carbocycles. The lowest BCUT2D eigenvalue weighted by Gasteiger charge is -2.10. The summed E-state index contributed by atoms with van der Waals surface area (Å²) >= 11 is 3.51. The number of benzene rings is 1. The fourth-order valence-electron chi connectivity index (χ4n) is 1.76. The first kappa shape index (κ1) is 14.8. The molecule has 0 fully saturated rings. The number of aromatic nitrogens is 2. The summed E-state index contributed by atoms with van der Waals surface area (Å²) in [5, 5.41) is 3.19. The molecule has 0 aliphatic rings. The SMILES string of the molecule is CCNc1cc(Oc2ccc(C)cc2Br)nc(CC)n1. The van der Waals surface area contributed by atoms with Gasteiger partial charge in [0.15, 0.2) is 0 Å². The van der Waals surface area contributed by atoms with Crippen LogP contribution < -0.4 is 10.1 Å². The molecular formula is C15H18BrN3O. The minimum atomic E-state index is 0.553. The summed E-state index contributed by atoms with van der Waals surface area (Å²) in [5.74, 6) is 2.86. The minimum Gasteiger partial charge on any atom is -0.438 e. The zero-order chi connectivity index (χ0) is 14.5. The van der Waals surface area contributed by atoms with Crippen LogP contribution in [0.15, 0.2) is 28.7 Å². The van der Waals surface area contributed by atoms with Crippen LogP contribution in [0.1, 0.15) is 25.2 Å². The number of hydrogen-bond donors (Lipinski definition) is 1. The molecule has 0 atom stereocenters. The summed E-state index contributed by atoms with van der Waals surface area (Å²) in [5.41, 5.74) is 1.18. The van der Waals surface area contributed by atoms with E-state index in [0.717, 1.165) is 34.8 Å². The maximum Gasteiger partial charge on any atom is 0.224 e. The van der Waals surface area contributed by atoms with Gasteiger partial charge in [0, 0.05) is 19.0 Å². The Morgan fingerprint density at radius 3 is 2.65 bits per heavy atom.